The average molecular weight is 287 g/mol. The zero-order valence-corrected chi connectivity index (χ0v) is 10.4. The number of carboxylic acids is 1. The molecule has 0 aromatic rings. The van der Waals surface area contributed by atoms with E-state index < -0.39 is 41.5 Å². The predicted molar refractivity (Wildman–Crippen MR) is 54.2 cm³/mol. The van der Waals surface area contributed by atoms with Gasteiger partial charge < -0.3 is 9.84 Å². The monoisotopic (exact) mass is 287 g/mol. The zero-order chi connectivity index (χ0) is 15.3. The second-order valence-corrected chi connectivity index (χ2v) is 5.29. The minimum Gasteiger partial charge on any atom is -0.479 e. The lowest BCUT2D eigenvalue weighted by molar-refractivity contribution is -0.323. The van der Waals surface area contributed by atoms with Crippen LogP contribution in [-0.4, -0.2) is 40.2 Å². The van der Waals surface area contributed by atoms with Crippen LogP contribution in [0.4, 0.5) is 22.4 Å². The molecule has 1 atom stereocenters. The summed E-state index contributed by atoms with van der Waals surface area (Å²) < 4.78 is 56.7. The third-order valence-corrected chi connectivity index (χ3v) is 2.56. The Labute approximate surface area is 105 Å². The number of nitrogens with one attached hydrogen (secondary N) is 1. The second kappa shape index (κ2) is 3.97. The van der Waals surface area contributed by atoms with E-state index in [1.165, 1.54) is 26.1 Å². The largest absolute Gasteiger partial charge is 0.479 e. The highest BCUT2D eigenvalue weighted by molar-refractivity contribution is 5.88. The molecule has 0 aromatic heterocycles. The lowest BCUT2D eigenvalue weighted by Crippen LogP contribution is -2.81. The van der Waals surface area contributed by atoms with Crippen LogP contribution < -0.4 is 5.32 Å². The van der Waals surface area contributed by atoms with Crippen LogP contribution in [-0.2, 0) is 9.53 Å². The van der Waals surface area contributed by atoms with E-state index in [2.05, 4.69) is 4.74 Å². The van der Waals surface area contributed by atoms with Crippen LogP contribution in [0.2, 0.25) is 0 Å². The molecule has 1 fully saturated rings. The number of carbonyl (C=O) groups excluding carboxylic acids is 1. The van der Waals surface area contributed by atoms with Crippen LogP contribution in [0.1, 0.15) is 27.2 Å². The minimum absolute atomic E-state index is 1.08. The summed E-state index contributed by atoms with van der Waals surface area (Å²) in [7, 11) is 0. The molecule has 0 aromatic carbocycles. The maximum Gasteiger partial charge on any atom is 0.408 e. The number of rotatable bonds is 2. The van der Waals surface area contributed by atoms with E-state index in [0.29, 0.717) is 0 Å². The Morgan fingerprint density at radius 1 is 1.21 bits per heavy atom. The number of carbonyl (C=O) groups is 2. The highest BCUT2D eigenvalue weighted by atomic mass is 19.3. The summed E-state index contributed by atoms with van der Waals surface area (Å²) in [5, 5.41) is 10.1. The van der Waals surface area contributed by atoms with Crippen molar-refractivity contribution in [3.8, 4) is 0 Å². The summed E-state index contributed by atoms with van der Waals surface area (Å²) in [4.78, 5) is 22.1. The topological polar surface area (TPSA) is 75.6 Å². The van der Waals surface area contributed by atoms with Crippen molar-refractivity contribution in [1.29, 1.82) is 0 Å². The van der Waals surface area contributed by atoms with Gasteiger partial charge in [0, 0.05) is 0 Å². The first-order valence-corrected chi connectivity index (χ1v) is 5.25. The van der Waals surface area contributed by atoms with Crippen molar-refractivity contribution < 1.29 is 37.0 Å². The van der Waals surface area contributed by atoms with Gasteiger partial charge in [0.2, 0.25) is 5.54 Å². The molecule has 110 valence electrons. The lowest BCUT2D eigenvalue weighted by Gasteiger charge is -2.50. The molecule has 1 aliphatic carbocycles. The average Bonchev–Trinajstić information content (AvgIpc) is 2.12. The Morgan fingerprint density at radius 2 is 1.68 bits per heavy atom. The Morgan fingerprint density at radius 3 is 1.95 bits per heavy atom. The Kier molecular flexibility index (Phi) is 3.25. The molecular formula is C10H13F4NO4. The number of hydrogen-bond donors (Lipinski definition) is 2. The molecule has 0 aliphatic heterocycles. The summed E-state index contributed by atoms with van der Waals surface area (Å²) in [6.45, 7) is 4.23. The lowest BCUT2D eigenvalue weighted by atomic mass is 9.69. The van der Waals surface area contributed by atoms with E-state index >= 15 is 0 Å². The van der Waals surface area contributed by atoms with Gasteiger partial charge in [0.15, 0.2) is 0 Å². The fourth-order valence-electron chi connectivity index (χ4n) is 1.62. The SMILES string of the molecule is CC(C)(C)OC(=O)NC1(C(=O)O)CC(F)(F)C1(F)F. The van der Waals surface area contributed by atoms with Gasteiger partial charge in [0.25, 0.3) is 0 Å². The summed E-state index contributed by atoms with van der Waals surface area (Å²) in [5.41, 5.74) is -4.43. The van der Waals surface area contributed by atoms with Gasteiger partial charge in [-0.25, -0.2) is 9.59 Å². The quantitative estimate of drug-likeness (QED) is 0.762. The first-order chi connectivity index (χ1) is 8.25. The van der Waals surface area contributed by atoms with Gasteiger partial charge in [-0.15, -0.1) is 0 Å². The number of carboxylic acid groups (broad SMARTS) is 1. The molecule has 0 bridgehead atoms. The summed E-state index contributed by atoms with van der Waals surface area (Å²) in [6, 6.07) is 0. The van der Waals surface area contributed by atoms with Crippen LogP contribution in [0.25, 0.3) is 0 Å². The Hall–Kier alpha value is -1.54. The first-order valence-electron chi connectivity index (χ1n) is 5.25. The molecule has 0 saturated heterocycles. The van der Waals surface area contributed by atoms with Crippen molar-refractivity contribution in [3.63, 3.8) is 0 Å². The van der Waals surface area contributed by atoms with Gasteiger partial charge in [-0.2, -0.15) is 17.6 Å². The number of amides is 1. The standard InChI is InChI=1S/C10H13F4NO4/c1-7(2,3)19-6(18)15-8(5(16)17)4-9(11,12)10(8,13)14/h4H2,1-3H3,(H,15,18)(H,16,17). The van der Waals surface area contributed by atoms with E-state index in [1.807, 2.05) is 0 Å². The minimum atomic E-state index is -4.89. The van der Waals surface area contributed by atoms with Crippen molar-refractivity contribution in [2.75, 3.05) is 0 Å². The predicted octanol–water partition coefficient (Wildman–Crippen LogP) is 2.01. The van der Waals surface area contributed by atoms with E-state index in [9.17, 15) is 27.2 Å². The van der Waals surface area contributed by atoms with Crippen molar-refractivity contribution >= 4 is 12.1 Å². The zero-order valence-electron chi connectivity index (χ0n) is 10.4. The van der Waals surface area contributed by atoms with Gasteiger partial charge in [-0.3, -0.25) is 5.32 Å². The Bertz CT molecular complexity index is 418. The molecular weight excluding hydrogens is 274 g/mol. The van der Waals surface area contributed by atoms with Gasteiger partial charge in [0.1, 0.15) is 5.60 Å². The van der Waals surface area contributed by atoms with Gasteiger partial charge in [0.05, 0.1) is 6.42 Å². The maximum absolute atomic E-state index is 13.3. The third-order valence-electron chi connectivity index (χ3n) is 2.56. The molecule has 19 heavy (non-hydrogen) atoms. The fourth-order valence-corrected chi connectivity index (χ4v) is 1.62. The molecule has 1 aliphatic rings. The number of alkyl halides is 4. The molecule has 1 rings (SSSR count). The van der Waals surface area contributed by atoms with Crippen molar-refractivity contribution in [3.05, 3.63) is 0 Å². The van der Waals surface area contributed by atoms with Crippen LogP contribution in [0.15, 0.2) is 0 Å². The molecule has 1 unspecified atom stereocenters. The highest BCUT2D eigenvalue weighted by Gasteiger charge is 2.85. The molecule has 0 radical (unpaired) electrons. The third kappa shape index (κ3) is 2.33. The van der Waals surface area contributed by atoms with E-state index in [1.54, 1.807) is 0 Å². The molecule has 2 N–H and O–H groups in total. The number of hydrogen-bond acceptors (Lipinski definition) is 3. The van der Waals surface area contributed by atoms with Crippen molar-refractivity contribution in [2.45, 2.75) is 50.2 Å². The van der Waals surface area contributed by atoms with Crippen LogP contribution in [0, 0.1) is 0 Å². The van der Waals surface area contributed by atoms with E-state index in [0.717, 1.165) is 0 Å². The summed E-state index contributed by atoms with van der Waals surface area (Å²) in [6.07, 6.45) is -3.19. The Balaban J connectivity index is 2.95. The molecule has 0 spiro atoms. The second-order valence-electron chi connectivity index (χ2n) is 5.29. The molecule has 9 heteroatoms. The van der Waals surface area contributed by atoms with Crippen molar-refractivity contribution in [1.82, 2.24) is 5.32 Å². The van der Waals surface area contributed by atoms with E-state index in [-0.39, 0.29) is 0 Å². The molecule has 1 saturated carbocycles. The maximum atomic E-state index is 13.3. The molecule has 5 nitrogen and oxygen atoms in total. The van der Waals surface area contributed by atoms with Gasteiger partial charge in [-0.1, -0.05) is 0 Å². The van der Waals surface area contributed by atoms with Crippen LogP contribution in [0.5, 0.6) is 0 Å². The fraction of sp³-hybridized carbons (Fsp3) is 0.800. The van der Waals surface area contributed by atoms with Gasteiger partial charge >= 0.3 is 23.9 Å². The van der Waals surface area contributed by atoms with Gasteiger partial charge in [-0.05, 0) is 20.8 Å². The normalized spacial score (nSPS) is 28.2. The molecule has 0 heterocycles. The summed E-state index contributed by atoms with van der Waals surface area (Å²) in [5.74, 6) is -11.6. The van der Waals surface area contributed by atoms with Crippen LogP contribution >= 0.6 is 0 Å². The first kappa shape index (κ1) is 15.5. The van der Waals surface area contributed by atoms with E-state index in [4.69, 9.17) is 5.11 Å². The number of alkyl carbamates (subject to hydrolysis) is 1. The molecule has 1 amide bonds. The number of aliphatic carboxylic acids is 1. The number of ether oxygens (including phenoxy) is 1. The number of halogens is 4. The highest BCUT2D eigenvalue weighted by Crippen LogP contribution is 2.58. The smallest absolute Gasteiger partial charge is 0.408 e. The summed E-state index contributed by atoms with van der Waals surface area (Å²) >= 11 is 0. The van der Waals surface area contributed by atoms with Crippen molar-refractivity contribution in [2.24, 2.45) is 0 Å². The van der Waals surface area contributed by atoms with Crippen LogP contribution in [0.3, 0.4) is 0 Å².